The summed E-state index contributed by atoms with van der Waals surface area (Å²) >= 11 is 6.40. The fraction of sp³-hybridized carbons (Fsp3) is 0.323. The molecule has 1 saturated heterocycles. The highest BCUT2D eigenvalue weighted by Gasteiger charge is 2.33. The van der Waals surface area contributed by atoms with E-state index in [9.17, 15) is 10.1 Å². The van der Waals surface area contributed by atoms with Gasteiger partial charge in [0.25, 0.3) is 0 Å². The predicted octanol–water partition coefficient (Wildman–Crippen LogP) is 6.58. The van der Waals surface area contributed by atoms with Gasteiger partial charge in [0.05, 0.1) is 44.0 Å². The summed E-state index contributed by atoms with van der Waals surface area (Å²) in [6.45, 7) is 1.74. The zero-order chi connectivity index (χ0) is 28.8. The smallest absolute Gasteiger partial charge is 0.311 e. The van der Waals surface area contributed by atoms with E-state index < -0.39 is 0 Å². The van der Waals surface area contributed by atoms with Gasteiger partial charge in [-0.3, -0.25) is 10.1 Å². The molecule has 1 fully saturated rings. The summed E-state index contributed by atoms with van der Waals surface area (Å²) < 4.78 is 23.2. The van der Waals surface area contributed by atoms with E-state index >= 15 is 0 Å². The van der Waals surface area contributed by atoms with E-state index in [1.807, 2.05) is 48.5 Å². The lowest BCUT2D eigenvalue weighted by atomic mass is 9.98. The Morgan fingerprint density at radius 2 is 1.93 bits per heavy atom. The lowest BCUT2D eigenvalue weighted by Gasteiger charge is -2.39. The molecule has 0 amide bonds. The fourth-order valence-electron chi connectivity index (χ4n) is 5.27. The molecule has 4 aromatic rings. The third-order valence-electron chi connectivity index (χ3n) is 7.30. The summed E-state index contributed by atoms with van der Waals surface area (Å²) in [5.74, 6) is 1.29. The van der Waals surface area contributed by atoms with Crippen LogP contribution < -0.4 is 14.4 Å². The number of nitro groups is 1. The second-order valence-electron chi connectivity index (χ2n) is 9.89. The SMILES string of the molecule is COc1ccc(CN(c2c([N+](=O)[O-])cnc3ccc(Cl)cc23)C2CCOC(COCc3ccccc3)C2)c(OC)c1. The summed E-state index contributed by atoms with van der Waals surface area (Å²) in [5, 5.41) is 13.4. The number of hydrogen-bond donors (Lipinski definition) is 0. The Hall–Kier alpha value is -3.92. The number of fused-ring (bicyclic) bond motifs is 1. The van der Waals surface area contributed by atoms with Crippen LogP contribution in [0.1, 0.15) is 24.0 Å². The Kier molecular flexibility index (Phi) is 9.18. The highest BCUT2D eigenvalue weighted by Crippen LogP contribution is 2.41. The summed E-state index contributed by atoms with van der Waals surface area (Å²) in [6, 6.07) is 20.7. The van der Waals surface area contributed by atoms with Crippen molar-refractivity contribution in [2.75, 3.05) is 32.3 Å². The first-order valence-electron chi connectivity index (χ1n) is 13.4. The van der Waals surface area contributed by atoms with Crippen molar-refractivity contribution < 1.29 is 23.9 Å². The van der Waals surface area contributed by atoms with Crippen LogP contribution in [-0.4, -0.2) is 49.5 Å². The number of aromatic nitrogens is 1. The fourth-order valence-corrected chi connectivity index (χ4v) is 5.45. The molecule has 41 heavy (non-hydrogen) atoms. The zero-order valence-corrected chi connectivity index (χ0v) is 23.8. The molecule has 10 heteroatoms. The molecule has 0 spiro atoms. The van der Waals surface area contributed by atoms with Crippen LogP contribution in [0.25, 0.3) is 10.9 Å². The molecule has 214 valence electrons. The summed E-state index contributed by atoms with van der Waals surface area (Å²) in [7, 11) is 3.19. The first kappa shape index (κ1) is 28.6. The van der Waals surface area contributed by atoms with Crippen LogP contribution in [0.5, 0.6) is 11.5 Å². The predicted molar refractivity (Wildman–Crippen MR) is 158 cm³/mol. The Bertz CT molecular complexity index is 1500. The molecule has 9 nitrogen and oxygen atoms in total. The number of methoxy groups -OCH3 is 2. The molecule has 1 aliphatic rings. The third-order valence-corrected chi connectivity index (χ3v) is 7.53. The molecule has 3 aromatic carbocycles. The molecule has 0 aliphatic carbocycles. The molecule has 2 heterocycles. The number of nitrogens with zero attached hydrogens (tertiary/aromatic N) is 3. The van der Waals surface area contributed by atoms with E-state index in [2.05, 4.69) is 9.88 Å². The third kappa shape index (κ3) is 6.70. The average Bonchev–Trinajstić information content (AvgIpc) is 3.00. The van der Waals surface area contributed by atoms with Gasteiger partial charge in [-0.1, -0.05) is 41.9 Å². The first-order valence-corrected chi connectivity index (χ1v) is 13.8. The number of benzene rings is 3. The minimum atomic E-state index is -0.388. The molecule has 0 saturated carbocycles. The van der Waals surface area contributed by atoms with Crippen LogP contribution in [0.2, 0.25) is 5.02 Å². The Labute approximate surface area is 243 Å². The van der Waals surface area contributed by atoms with Crippen molar-refractivity contribution in [1.82, 2.24) is 4.98 Å². The lowest BCUT2D eigenvalue weighted by Crippen LogP contribution is -2.44. The largest absolute Gasteiger partial charge is 0.497 e. The van der Waals surface area contributed by atoms with Crippen molar-refractivity contribution in [1.29, 1.82) is 0 Å². The van der Waals surface area contributed by atoms with Crippen molar-refractivity contribution in [3.05, 3.63) is 99.2 Å². The molecule has 5 rings (SSSR count). The Balaban J connectivity index is 1.52. The molecule has 0 bridgehead atoms. The van der Waals surface area contributed by atoms with Crippen molar-refractivity contribution in [2.24, 2.45) is 0 Å². The second-order valence-corrected chi connectivity index (χ2v) is 10.3. The summed E-state index contributed by atoms with van der Waals surface area (Å²) in [5.41, 5.74) is 2.95. The van der Waals surface area contributed by atoms with Crippen molar-refractivity contribution in [3.8, 4) is 11.5 Å². The van der Waals surface area contributed by atoms with Crippen LogP contribution in [0.15, 0.2) is 72.9 Å². The normalized spacial score (nSPS) is 16.9. The van der Waals surface area contributed by atoms with E-state index in [0.29, 0.717) is 72.3 Å². The van der Waals surface area contributed by atoms with Crippen LogP contribution in [0, 0.1) is 10.1 Å². The van der Waals surface area contributed by atoms with Gasteiger partial charge in [-0.25, -0.2) is 4.98 Å². The monoisotopic (exact) mass is 577 g/mol. The molecule has 2 atom stereocenters. The number of halogens is 1. The minimum absolute atomic E-state index is 0.0874. The molecule has 2 unspecified atom stereocenters. The second kappa shape index (κ2) is 13.2. The summed E-state index contributed by atoms with van der Waals surface area (Å²) in [6.07, 6.45) is 2.45. The van der Waals surface area contributed by atoms with E-state index in [4.69, 9.17) is 30.5 Å². The van der Waals surface area contributed by atoms with Gasteiger partial charge in [0.2, 0.25) is 0 Å². The number of pyridine rings is 1. The van der Waals surface area contributed by atoms with Gasteiger partial charge in [0.15, 0.2) is 0 Å². The maximum atomic E-state index is 12.4. The van der Waals surface area contributed by atoms with Gasteiger partial charge < -0.3 is 23.8 Å². The molecule has 1 aliphatic heterocycles. The summed E-state index contributed by atoms with van der Waals surface area (Å²) in [4.78, 5) is 18.4. The molecular weight excluding hydrogens is 546 g/mol. The molecule has 0 radical (unpaired) electrons. The standard InChI is InChI=1S/C31H32ClN3O6/c1-38-25-10-8-22(30(16-25)39-2)18-34(31-27-14-23(32)9-11-28(27)33-17-29(31)35(36)37)24-12-13-41-26(15-24)20-40-19-21-6-4-3-5-7-21/h3-11,14,16-17,24,26H,12-13,15,18-20H2,1-2H3. The van der Waals surface area contributed by atoms with Gasteiger partial charge in [-0.2, -0.15) is 0 Å². The quantitative estimate of drug-likeness (QED) is 0.146. The molecule has 1 aromatic heterocycles. The maximum absolute atomic E-state index is 12.4. The van der Waals surface area contributed by atoms with E-state index in [0.717, 1.165) is 11.1 Å². The number of rotatable bonds is 11. The van der Waals surface area contributed by atoms with Crippen LogP contribution in [0.3, 0.4) is 0 Å². The Morgan fingerprint density at radius 3 is 2.68 bits per heavy atom. The van der Waals surface area contributed by atoms with Gasteiger partial charge in [0, 0.05) is 41.2 Å². The average molecular weight is 578 g/mol. The van der Waals surface area contributed by atoms with Crippen molar-refractivity contribution in [2.45, 2.75) is 38.1 Å². The topological polar surface area (TPSA) is 96.2 Å². The first-order chi connectivity index (χ1) is 20.0. The van der Waals surface area contributed by atoms with Gasteiger partial charge in [-0.05, 0) is 48.7 Å². The van der Waals surface area contributed by atoms with Gasteiger partial charge in [-0.15, -0.1) is 0 Å². The van der Waals surface area contributed by atoms with E-state index in [-0.39, 0.29) is 22.8 Å². The molecule has 0 N–H and O–H groups in total. The van der Waals surface area contributed by atoms with E-state index in [1.165, 1.54) is 6.20 Å². The van der Waals surface area contributed by atoms with E-state index in [1.54, 1.807) is 32.4 Å². The van der Waals surface area contributed by atoms with Crippen LogP contribution in [-0.2, 0) is 22.6 Å². The molecular formula is C31H32ClN3O6. The maximum Gasteiger partial charge on any atom is 0.311 e. The van der Waals surface area contributed by atoms with Crippen LogP contribution in [0.4, 0.5) is 11.4 Å². The Morgan fingerprint density at radius 1 is 1.10 bits per heavy atom. The highest BCUT2D eigenvalue weighted by atomic mass is 35.5. The number of anilines is 1. The highest BCUT2D eigenvalue weighted by molar-refractivity contribution is 6.31. The van der Waals surface area contributed by atoms with Crippen molar-refractivity contribution >= 4 is 33.9 Å². The van der Waals surface area contributed by atoms with Gasteiger partial charge >= 0.3 is 5.69 Å². The van der Waals surface area contributed by atoms with Crippen molar-refractivity contribution in [3.63, 3.8) is 0 Å². The zero-order valence-electron chi connectivity index (χ0n) is 23.0. The minimum Gasteiger partial charge on any atom is -0.497 e. The number of hydrogen-bond acceptors (Lipinski definition) is 8. The number of ether oxygens (including phenoxy) is 4. The van der Waals surface area contributed by atoms with Gasteiger partial charge in [0.1, 0.15) is 23.4 Å². The lowest BCUT2D eigenvalue weighted by molar-refractivity contribution is -0.384. The van der Waals surface area contributed by atoms with Crippen LogP contribution >= 0.6 is 11.6 Å².